The van der Waals surface area contributed by atoms with E-state index in [2.05, 4.69) is 31.9 Å². The lowest BCUT2D eigenvalue weighted by atomic mass is 10.3. The zero-order chi connectivity index (χ0) is 13.3. The molecule has 1 aliphatic heterocycles. The molecule has 1 saturated heterocycles. The van der Waals surface area contributed by atoms with Crippen LogP contribution in [-0.4, -0.2) is 50.3 Å². The molecule has 7 heteroatoms. The number of carbonyl (C=O) groups excluding carboxylic acids is 1. The quantitative estimate of drug-likeness (QED) is 0.785. The Bertz CT molecular complexity index is 420. The number of amides is 1. The van der Waals surface area contributed by atoms with E-state index < -0.39 is 0 Å². The standard InChI is InChI=1S/C11H13Br2NO3S/c1-16-7-4-14(5-8(7)17-2)11(15)9-3-6(12)10(13)18-9/h3,7-8H,4-5H2,1-2H3. The lowest BCUT2D eigenvalue weighted by molar-refractivity contribution is -0.00461. The molecule has 1 aliphatic rings. The molecule has 0 bridgehead atoms. The Morgan fingerprint density at radius 3 is 2.28 bits per heavy atom. The zero-order valence-electron chi connectivity index (χ0n) is 9.98. The van der Waals surface area contributed by atoms with Crippen LogP contribution in [0.4, 0.5) is 0 Å². The van der Waals surface area contributed by atoms with E-state index in [-0.39, 0.29) is 18.1 Å². The van der Waals surface area contributed by atoms with E-state index in [1.807, 2.05) is 6.07 Å². The summed E-state index contributed by atoms with van der Waals surface area (Å²) < 4.78 is 12.5. The number of rotatable bonds is 3. The highest BCUT2D eigenvalue weighted by atomic mass is 79.9. The number of methoxy groups -OCH3 is 2. The molecule has 1 aromatic heterocycles. The number of thiophene rings is 1. The van der Waals surface area contributed by atoms with Crippen molar-refractivity contribution in [3.63, 3.8) is 0 Å². The van der Waals surface area contributed by atoms with Crippen LogP contribution in [0.3, 0.4) is 0 Å². The maximum atomic E-state index is 12.3. The Labute approximate surface area is 127 Å². The van der Waals surface area contributed by atoms with Gasteiger partial charge in [-0.3, -0.25) is 4.79 Å². The second-order valence-electron chi connectivity index (χ2n) is 3.99. The van der Waals surface area contributed by atoms with Gasteiger partial charge in [0.2, 0.25) is 0 Å². The number of halogens is 2. The summed E-state index contributed by atoms with van der Waals surface area (Å²) in [4.78, 5) is 14.8. The Balaban J connectivity index is 2.11. The van der Waals surface area contributed by atoms with Crippen LogP contribution in [0.1, 0.15) is 9.67 Å². The number of likely N-dealkylation sites (tertiary alicyclic amines) is 1. The molecule has 2 rings (SSSR count). The SMILES string of the molecule is COC1CN(C(=O)c2cc(Br)c(Br)s2)CC1OC. The summed E-state index contributed by atoms with van der Waals surface area (Å²) in [6.45, 7) is 1.14. The van der Waals surface area contributed by atoms with Crippen LogP contribution in [0.15, 0.2) is 14.3 Å². The Hall–Kier alpha value is 0.0500. The van der Waals surface area contributed by atoms with Crippen LogP contribution in [0.5, 0.6) is 0 Å². The number of hydrogen-bond acceptors (Lipinski definition) is 4. The topological polar surface area (TPSA) is 38.8 Å². The third-order valence-corrected chi connectivity index (χ3v) is 6.21. The van der Waals surface area contributed by atoms with E-state index in [1.165, 1.54) is 11.3 Å². The van der Waals surface area contributed by atoms with Crippen molar-refractivity contribution in [3.05, 3.63) is 19.2 Å². The van der Waals surface area contributed by atoms with Gasteiger partial charge in [-0.1, -0.05) is 0 Å². The van der Waals surface area contributed by atoms with E-state index in [0.29, 0.717) is 18.0 Å². The van der Waals surface area contributed by atoms with Crippen molar-refractivity contribution in [2.45, 2.75) is 12.2 Å². The normalized spacial score (nSPS) is 23.7. The van der Waals surface area contributed by atoms with Crippen molar-refractivity contribution < 1.29 is 14.3 Å². The highest BCUT2D eigenvalue weighted by Gasteiger charge is 2.36. The summed E-state index contributed by atoms with van der Waals surface area (Å²) in [5.41, 5.74) is 0. The highest BCUT2D eigenvalue weighted by molar-refractivity contribution is 9.13. The molecule has 0 aliphatic carbocycles. The summed E-state index contributed by atoms with van der Waals surface area (Å²) in [6.07, 6.45) is -0.100. The maximum Gasteiger partial charge on any atom is 0.264 e. The summed E-state index contributed by atoms with van der Waals surface area (Å²) in [7, 11) is 3.28. The van der Waals surface area contributed by atoms with Gasteiger partial charge in [0, 0.05) is 31.8 Å². The van der Waals surface area contributed by atoms with Gasteiger partial charge >= 0.3 is 0 Å². The van der Waals surface area contributed by atoms with E-state index in [0.717, 1.165) is 8.26 Å². The first kappa shape index (κ1) is 14.5. The van der Waals surface area contributed by atoms with Crippen LogP contribution >= 0.6 is 43.2 Å². The highest BCUT2D eigenvalue weighted by Crippen LogP contribution is 2.33. The molecule has 0 radical (unpaired) electrons. The first-order valence-corrected chi connectivity index (χ1v) is 7.76. The van der Waals surface area contributed by atoms with Crippen molar-refractivity contribution in [1.82, 2.24) is 4.90 Å². The first-order chi connectivity index (χ1) is 8.56. The number of carbonyl (C=O) groups is 1. The fraction of sp³-hybridized carbons (Fsp3) is 0.545. The predicted octanol–water partition coefficient (Wildman–Crippen LogP) is 2.76. The van der Waals surface area contributed by atoms with E-state index in [4.69, 9.17) is 9.47 Å². The first-order valence-electron chi connectivity index (χ1n) is 5.36. The minimum Gasteiger partial charge on any atom is -0.377 e. The van der Waals surface area contributed by atoms with Crippen LogP contribution < -0.4 is 0 Å². The van der Waals surface area contributed by atoms with Gasteiger partial charge in [-0.25, -0.2) is 0 Å². The van der Waals surface area contributed by atoms with Gasteiger partial charge < -0.3 is 14.4 Å². The van der Waals surface area contributed by atoms with Gasteiger partial charge in [-0.05, 0) is 37.9 Å². The molecular weight excluding hydrogens is 386 g/mol. The Morgan fingerprint density at radius 2 is 1.89 bits per heavy atom. The smallest absolute Gasteiger partial charge is 0.264 e. The third-order valence-electron chi connectivity index (χ3n) is 2.96. The van der Waals surface area contributed by atoms with Crippen molar-refractivity contribution in [3.8, 4) is 0 Å². The Morgan fingerprint density at radius 1 is 1.33 bits per heavy atom. The molecule has 1 fully saturated rings. The zero-order valence-corrected chi connectivity index (χ0v) is 14.0. The predicted molar refractivity (Wildman–Crippen MR) is 77.2 cm³/mol. The van der Waals surface area contributed by atoms with Crippen LogP contribution in [0, 0.1) is 0 Å². The van der Waals surface area contributed by atoms with Crippen molar-refractivity contribution in [1.29, 1.82) is 0 Å². The number of ether oxygens (including phenoxy) is 2. The number of nitrogens with zero attached hydrogens (tertiary/aromatic N) is 1. The summed E-state index contributed by atoms with van der Waals surface area (Å²) in [6, 6.07) is 1.83. The minimum atomic E-state index is -0.0502. The van der Waals surface area contributed by atoms with E-state index >= 15 is 0 Å². The molecule has 2 heterocycles. The van der Waals surface area contributed by atoms with Gasteiger partial charge in [0.05, 0.1) is 8.66 Å². The summed E-state index contributed by atoms with van der Waals surface area (Å²) >= 11 is 8.21. The third kappa shape index (κ3) is 2.80. The molecule has 18 heavy (non-hydrogen) atoms. The molecule has 0 aromatic carbocycles. The van der Waals surface area contributed by atoms with Crippen molar-refractivity contribution in [2.24, 2.45) is 0 Å². The molecule has 2 atom stereocenters. The largest absolute Gasteiger partial charge is 0.377 e. The fourth-order valence-electron chi connectivity index (χ4n) is 1.97. The van der Waals surface area contributed by atoms with Gasteiger partial charge in [-0.15, -0.1) is 11.3 Å². The van der Waals surface area contributed by atoms with Gasteiger partial charge in [0.1, 0.15) is 12.2 Å². The van der Waals surface area contributed by atoms with Crippen molar-refractivity contribution in [2.75, 3.05) is 27.3 Å². The minimum absolute atomic E-state index is 0.0213. The van der Waals surface area contributed by atoms with Crippen LogP contribution in [-0.2, 0) is 9.47 Å². The van der Waals surface area contributed by atoms with Gasteiger partial charge in [-0.2, -0.15) is 0 Å². The lowest BCUT2D eigenvalue weighted by Crippen LogP contribution is -2.29. The molecule has 2 unspecified atom stereocenters. The monoisotopic (exact) mass is 397 g/mol. The second kappa shape index (κ2) is 6.00. The lowest BCUT2D eigenvalue weighted by Gasteiger charge is -2.14. The molecule has 4 nitrogen and oxygen atoms in total. The van der Waals surface area contributed by atoms with Crippen molar-refractivity contribution >= 4 is 49.1 Å². The van der Waals surface area contributed by atoms with Crippen LogP contribution in [0.25, 0.3) is 0 Å². The molecule has 1 amide bonds. The van der Waals surface area contributed by atoms with E-state index in [1.54, 1.807) is 19.1 Å². The average Bonchev–Trinajstić information content (AvgIpc) is 2.92. The van der Waals surface area contributed by atoms with E-state index in [9.17, 15) is 4.79 Å². The fourth-order valence-corrected chi connectivity index (χ4v) is 3.97. The molecule has 0 saturated carbocycles. The molecule has 0 N–H and O–H groups in total. The van der Waals surface area contributed by atoms with Gasteiger partial charge in [0.15, 0.2) is 0 Å². The van der Waals surface area contributed by atoms with Crippen LogP contribution in [0.2, 0.25) is 0 Å². The average molecular weight is 399 g/mol. The maximum absolute atomic E-state index is 12.3. The molecular formula is C11H13Br2NO3S. The summed E-state index contributed by atoms with van der Waals surface area (Å²) in [5.74, 6) is 0.0213. The molecule has 100 valence electrons. The number of hydrogen-bond donors (Lipinski definition) is 0. The van der Waals surface area contributed by atoms with Gasteiger partial charge in [0.25, 0.3) is 5.91 Å². The Kier molecular flexibility index (Phi) is 4.82. The molecule has 1 aromatic rings. The molecule has 0 spiro atoms. The summed E-state index contributed by atoms with van der Waals surface area (Å²) in [5, 5.41) is 0. The second-order valence-corrected chi connectivity index (χ2v) is 7.22.